The number of anilines is 1. The summed E-state index contributed by atoms with van der Waals surface area (Å²) < 4.78 is 13.4. The second-order valence-corrected chi connectivity index (χ2v) is 5.84. The van der Waals surface area contributed by atoms with E-state index in [0.29, 0.717) is 12.6 Å². The van der Waals surface area contributed by atoms with Crippen LogP contribution in [0.2, 0.25) is 0 Å². The van der Waals surface area contributed by atoms with Crippen molar-refractivity contribution in [3.8, 4) is 0 Å². The highest BCUT2D eigenvalue weighted by atomic mass is 19.1. The number of hydrogen-bond donors (Lipinski definition) is 1. The van der Waals surface area contributed by atoms with Gasteiger partial charge in [0.25, 0.3) is 0 Å². The van der Waals surface area contributed by atoms with E-state index in [1.165, 1.54) is 25.7 Å². The van der Waals surface area contributed by atoms with Crippen molar-refractivity contribution in [3.05, 3.63) is 29.6 Å². The van der Waals surface area contributed by atoms with Crippen LogP contribution in [0.25, 0.3) is 0 Å². The fourth-order valence-electron chi connectivity index (χ4n) is 3.18. The summed E-state index contributed by atoms with van der Waals surface area (Å²) in [7, 11) is 4.05. The fourth-order valence-corrected chi connectivity index (χ4v) is 3.18. The van der Waals surface area contributed by atoms with Crippen LogP contribution in [-0.4, -0.2) is 20.1 Å². The summed E-state index contributed by atoms with van der Waals surface area (Å²) >= 11 is 0. The van der Waals surface area contributed by atoms with Crippen molar-refractivity contribution in [2.24, 2.45) is 5.92 Å². The van der Waals surface area contributed by atoms with Gasteiger partial charge in [0.2, 0.25) is 0 Å². The molecule has 2 nitrogen and oxygen atoms in total. The van der Waals surface area contributed by atoms with E-state index in [-0.39, 0.29) is 5.82 Å². The molecule has 0 bridgehead atoms. The number of nitrogens with one attached hydrogen (secondary N) is 1. The summed E-state index contributed by atoms with van der Waals surface area (Å²) in [6, 6.07) is 5.72. The summed E-state index contributed by atoms with van der Waals surface area (Å²) in [6.07, 6.45) is 5.14. The van der Waals surface area contributed by atoms with Crippen LogP contribution in [0.1, 0.15) is 38.2 Å². The highest BCUT2D eigenvalue weighted by molar-refractivity contribution is 5.54. The van der Waals surface area contributed by atoms with Gasteiger partial charge in [0.05, 0.1) is 0 Å². The van der Waals surface area contributed by atoms with Gasteiger partial charge in [-0.2, -0.15) is 0 Å². The molecule has 1 aliphatic rings. The molecule has 1 saturated carbocycles. The quantitative estimate of drug-likeness (QED) is 0.894. The second-order valence-electron chi connectivity index (χ2n) is 5.84. The molecule has 0 aromatic heterocycles. The van der Waals surface area contributed by atoms with E-state index in [0.717, 1.165) is 17.2 Å². The molecule has 1 aromatic rings. The first kappa shape index (κ1) is 14.3. The van der Waals surface area contributed by atoms with E-state index in [9.17, 15) is 4.39 Å². The molecule has 0 saturated heterocycles. The number of rotatable bonds is 4. The first-order chi connectivity index (χ1) is 9.11. The number of benzene rings is 1. The zero-order valence-corrected chi connectivity index (χ0v) is 12.2. The zero-order valence-electron chi connectivity index (χ0n) is 12.2. The van der Waals surface area contributed by atoms with Gasteiger partial charge in [-0.05, 0) is 49.6 Å². The highest BCUT2D eigenvalue weighted by Crippen LogP contribution is 2.31. The lowest BCUT2D eigenvalue weighted by molar-refractivity contribution is 0.336. The average Bonchev–Trinajstić information content (AvgIpc) is 2.39. The number of hydrogen-bond acceptors (Lipinski definition) is 2. The Hall–Kier alpha value is -1.09. The second kappa shape index (κ2) is 6.38. The molecule has 1 fully saturated rings. The third-order valence-corrected chi connectivity index (χ3v) is 4.25. The number of nitrogens with zero attached hydrogens (tertiary/aromatic N) is 1. The Bertz CT molecular complexity index is 419. The molecule has 0 spiro atoms. The van der Waals surface area contributed by atoms with Gasteiger partial charge < -0.3 is 10.2 Å². The Morgan fingerprint density at radius 3 is 2.84 bits per heavy atom. The first-order valence-corrected chi connectivity index (χ1v) is 7.27. The van der Waals surface area contributed by atoms with Crippen LogP contribution in [0.3, 0.4) is 0 Å². The first-order valence-electron chi connectivity index (χ1n) is 7.27. The van der Waals surface area contributed by atoms with Gasteiger partial charge in [0.1, 0.15) is 5.82 Å². The average molecular weight is 264 g/mol. The highest BCUT2D eigenvalue weighted by Gasteiger charge is 2.23. The summed E-state index contributed by atoms with van der Waals surface area (Å²) in [6.45, 7) is 3.04. The SMILES string of the molecule is CNCc1cc(F)ccc1N(C)C1CCCC(C)C1. The van der Waals surface area contributed by atoms with E-state index < -0.39 is 0 Å². The van der Waals surface area contributed by atoms with Crippen LogP contribution in [0.4, 0.5) is 10.1 Å². The minimum Gasteiger partial charge on any atom is -0.371 e. The molecular weight excluding hydrogens is 239 g/mol. The maximum atomic E-state index is 13.4. The Labute approximate surface area is 116 Å². The van der Waals surface area contributed by atoms with E-state index in [2.05, 4.69) is 24.2 Å². The van der Waals surface area contributed by atoms with Gasteiger partial charge in [0.15, 0.2) is 0 Å². The van der Waals surface area contributed by atoms with E-state index >= 15 is 0 Å². The molecule has 106 valence electrons. The monoisotopic (exact) mass is 264 g/mol. The Kier molecular flexibility index (Phi) is 4.81. The molecule has 0 amide bonds. The van der Waals surface area contributed by atoms with Crippen molar-refractivity contribution >= 4 is 5.69 Å². The van der Waals surface area contributed by atoms with Gasteiger partial charge in [-0.1, -0.05) is 19.8 Å². The summed E-state index contributed by atoms with van der Waals surface area (Å²) in [5.41, 5.74) is 2.21. The standard InChI is InChI=1S/C16H25FN2/c1-12-5-4-6-15(9-12)19(3)16-8-7-14(17)10-13(16)11-18-2/h7-8,10,12,15,18H,4-6,9,11H2,1-3H3. The number of halogens is 1. The van der Waals surface area contributed by atoms with E-state index in [4.69, 9.17) is 0 Å². The summed E-state index contributed by atoms with van der Waals surface area (Å²) in [5, 5.41) is 3.12. The van der Waals surface area contributed by atoms with Crippen molar-refractivity contribution < 1.29 is 4.39 Å². The molecule has 2 atom stereocenters. The lowest BCUT2D eigenvalue weighted by atomic mass is 9.86. The van der Waals surface area contributed by atoms with Crippen molar-refractivity contribution in [1.82, 2.24) is 5.32 Å². The molecule has 0 radical (unpaired) electrons. The molecule has 1 N–H and O–H groups in total. The van der Waals surface area contributed by atoms with Gasteiger partial charge in [-0.3, -0.25) is 0 Å². The Morgan fingerprint density at radius 2 is 2.16 bits per heavy atom. The molecule has 0 heterocycles. The minimum atomic E-state index is -0.153. The van der Waals surface area contributed by atoms with Crippen LogP contribution in [0, 0.1) is 11.7 Å². The van der Waals surface area contributed by atoms with Crippen LogP contribution in [-0.2, 0) is 6.54 Å². The summed E-state index contributed by atoms with van der Waals surface area (Å²) in [4.78, 5) is 2.35. The lowest BCUT2D eigenvalue weighted by Crippen LogP contribution is -2.36. The molecule has 2 unspecified atom stereocenters. The van der Waals surface area contributed by atoms with Crippen molar-refractivity contribution in [2.45, 2.75) is 45.2 Å². The Balaban J connectivity index is 2.19. The molecule has 2 rings (SSSR count). The van der Waals surface area contributed by atoms with Crippen LogP contribution in [0.5, 0.6) is 0 Å². The molecule has 3 heteroatoms. The molecule has 19 heavy (non-hydrogen) atoms. The maximum Gasteiger partial charge on any atom is 0.123 e. The van der Waals surface area contributed by atoms with Crippen LogP contribution in [0.15, 0.2) is 18.2 Å². The third kappa shape index (κ3) is 3.47. The lowest BCUT2D eigenvalue weighted by Gasteiger charge is -2.36. The fraction of sp³-hybridized carbons (Fsp3) is 0.625. The molecule has 0 aliphatic heterocycles. The van der Waals surface area contributed by atoms with E-state index in [1.54, 1.807) is 12.1 Å². The van der Waals surface area contributed by atoms with Crippen molar-refractivity contribution in [1.29, 1.82) is 0 Å². The van der Waals surface area contributed by atoms with Crippen molar-refractivity contribution in [3.63, 3.8) is 0 Å². The maximum absolute atomic E-state index is 13.4. The largest absolute Gasteiger partial charge is 0.371 e. The van der Waals surface area contributed by atoms with Crippen LogP contribution >= 0.6 is 0 Å². The molecule has 1 aliphatic carbocycles. The molecular formula is C16H25FN2. The van der Waals surface area contributed by atoms with Gasteiger partial charge >= 0.3 is 0 Å². The smallest absolute Gasteiger partial charge is 0.123 e. The normalized spacial score (nSPS) is 23.4. The van der Waals surface area contributed by atoms with E-state index in [1.807, 2.05) is 13.1 Å². The third-order valence-electron chi connectivity index (χ3n) is 4.25. The predicted octanol–water partition coefficient (Wildman–Crippen LogP) is 3.56. The van der Waals surface area contributed by atoms with Crippen molar-refractivity contribution in [2.75, 3.05) is 19.0 Å². The zero-order chi connectivity index (χ0) is 13.8. The topological polar surface area (TPSA) is 15.3 Å². The summed E-state index contributed by atoms with van der Waals surface area (Å²) in [5.74, 6) is 0.647. The molecule has 1 aromatic carbocycles. The van der Waals surface area contributed by atoms with Crippen LogP contribution < -0.4 is 10.2 Å². The minimum absolute atomic E-state index is 0.153. The predicted molar refractivity (Wildman–Crippen MR) is 79.0 cm³/mol. The van der Waals surface area contributed by atoms with Gasteiger partial charge in [0, 0.05) is 25.3 Å². The van der Waals surface area contributed by atoms with Gasteiger partial charge in [-0.15, -0.1) is 0 Å². The van der Waals surface area contributed by atoms with Gasteiger partial charge in [-0.25, -0.2) is 4.39 Å². The Morgan fingerprint density at radius 1 is 1.37 bits per heavy atom.